The highest BCUT2D eigenvalue weighted by Crippen LogP contribution is 2.33. The average Bonchev–Trinajstić information content (AvgIpc) is 2.61. The van der Waals surface area contributed by atoms with Crippen LogP contribution in [0.1, 0.15) is 0 Å². The molecule has 2 N–H and O–H groups in total. The number of rotatable bonds is 3. The fourth-order valence-electron chi connectivity index (χ4n) is 1.51. The van der Waals surface area contributed by atoms with Gasteiger partial charge in [-0.15, -0.1) is 0 Å². The van der Waals surface area contributed by atoms with E-state index in [1.807, 2.05) is 0 Å². The molecule has 2 rings (SSSR count). The molecule has 0 aliphatic carbocycles. The summed E-state index contributed by atoms with van der Waals surface area (Å²) in [6, 6.07) is 5.90. The summed E-state index contributed by atoms with van der Waals surface area (Å²) in [5.41, 5.74) is 6.44. The molecule has 96 valence electrons. The number of nitrogens with zero attached hydrogens (tertiary/aromatic N) is 2. The first kappa shape index (κ1) is 12.6. The van der Waals surface area contributed by atoms with Crippen molar-refractivity contribution in [2.75, 3.05) is 5.73 Å². The summed E-state index contributed by atoms with van der Waals surface area (Å²) >= 11 is 5.84. The maximum atomic E-state index is 12.3. The number of hydrogen-bond acceptors (Lipinski definition) is 3. The Morgan fingerprint density at radius 1 is 1.39 bits per heavy atom. The fourth-order valence-corrected chi connectivity index (χ4v) is 1.69. The van der Waals surface area contributed by atoms with Crippen molar-refractivity contribution in [1.29, 1.82) is 0 Å². The Bertz CT molecular complexity index is 552. The summed E-state index contributed by atoms with van der Waals surface area (Å²) in [6.45, 7) is -2.91. The number of benzene rings is 1. The summed E-state index contributed by atoms with van der Waals surface area (Å²) < 4.78 is 30.4. The molecule has 2 aromatic rings. The highest BCUT2D eigenvalue weighted by molar-refractivity contribution is 6.30. The van der Waals surface area contributed by atoms with Gasteiger partial charge in [0, 0.05) is 23.7 Å². The van der Waals surface area contributed by atoms with E-state index in [9.17, 15) is 8.78 Å². The lowest BCUT2D eigenvalue weighted by Crippen LogP contribution is -2.03. The molecule has 4 nitrogen and oxygen atoms in total. The molecular weight excluding hydrogens is 264 g/mol. The number of hydrogen-bond donors (Lipinski definition) is 1. The van der Waals surface area contributed by atoms with Gasteiger partial charge in [-0.05, 0) is 18.2 Å². The van der Waals surface area contributed by atoms with Crippen molar-refractivity contribution in [3.63, 3.8) is 0 Å². The minimum Gasteiger partial charge on any atom is -0.434 e. The molecule has 0 unspecified atom stereocenters. The van der Waals surface area contributed by atoms with Crippen molar-refractivity contribution in [3.05, 3.63) is 29.3 Å². The lowest BCUT2D eigenvalue weighted by Gasteiger charge is -2.09. The maximum Gasteiger partial charge on any atom is 0.387 e. The Labute approximate surface area is 107 Å². The monoisotopic (exact) mass is 273 g/mol. The molecule has 0 radical (unpaired) electrons. The summed E-state index contributed by atoms with van der Waals surface area (Å²) in [5.74, 6) is 0.417. The molecule has 0 aliphatic heterocycles. The van der Waals surface area contributed by atoms with Gasteiger partial charge < -0.3 is 10.5 Å². The Balaban J connectivity index is 2.50. The van der Waals surface area contributed by atoms with E-state index in [-0.39, 0.29) is 5.75 Å². The van der Waals surface area contributed by atoms with Crippen LogP contribution in [-0.2, 0) is 7.05 Å². The molecule has 0 saturated heterocycles. The van der Waals surface area contributed by atoms with Crippen LogP contribution in [0.2, 0.25) is 5.02 Å². The van der Waals surface area contributed by atoms with Crippen molar-refractivity contribution in [3.8, 4) is 17.0 Å². The highest BCUT2D eigenvalue weighted by atomic mass is 35.5. The smallest absolute Gasteiger partial charge is 0.387 e. The minimum atomic E-state index is -2.91. The molecule has 1 aromatic carbocycles. The summed E-state index contributed by atoms with van der Waals surface area (Å²) in [7, 11) is 1.65. The van der Waals surface area contributed by atoms with Crippen molar-refractivity contribution in [2.45, 2.75) is 6.61 Å². The third kappa shape index (κ3) is 2.53. The summed E-state index contributed by atoms with van der Waals surface area (Å²) in [4.78, 5) is 0. The lowest BCUT2D eigenvalue weighted by atomic mass is 10.1. The number of halogens is 3. The van der Waals surface area contributed by atoms with Gasteiger partial charge in [0.15, 0.2) is 0 Å². The van der Waals surface area contributed by atoms with Crippen LogP contribution in [0, 0.1) is 0 Å². The Morgan fingerprint density at radius 2 is 2.11 bits per heavy atom. The van der Waals surface area contributed by atoms with Crippen molar-refractivity contribution in [2.24, 2.45) is 7.05 Å². The van der Waals surface area contributed by atoms with E-state index in [1.54, 1.807) is 13.1 Å². The number of aromatic nitrogens is 2. The van der Waals surface area contributed by atoms with Gasteiger partial charge in [-0.3, -0.25) is 4.68 Å². The van der Waals surface area contributed by atoms with Crippen LogP contribution in [0.15, 0.2) is 24.3 Å². The molecule has 0 aliphatic rings. The van der Waals surface area contributed by atoms with Crippen LogP contribution in [0.4, 0.5) is 14.6 Å². The zero-order chi connectivity index (χ0) is 13.3. The van der Waals surface area contributed by atoms with E-state index in [0.29, 0.717) is 22.1 Å². The van der Waals surface area contributed by atoms with Gasteiger partial charge in [0.1, 0.15) is 11.6 Å². The van der Waals surface area contributed by atoms with Crippen molar-refractivity contribution in [1.82, 2.24) is 9.78 Å². The predicted octanol–water partition coefficient (Wildman–Crippen LogP) is 2.92. The van der Waals surface area contributed by atoms with E-state index < -0.39 is 6.61 Å². The Hall–Kier alpha value is -1.82. The van der Waals surface area contributed by atoms with Gasteiger partial charge in [-0.1, -0.05) is 11.6 Å². The van der Waals surface area contributed by atoms with Crippen molar-refractivity contribution >= 4 is 17.4 Å². The maximum absolute atomic E-state index is 12.3. The number of ether oxygens (including phenoxy) is 1. The zero-order valence-electron chi connectivity index (χ0n) is 9.40. The van der Waals surface area contributed by atoms with Gasteiger partial charge in [-0.25, -0.2) is 0 Å². The van der Waals surface area contributed by atoms with Crippen molar-refractivity contribution < 1.29 is 13.5 Å². The second kappa shape index (κ2) is 4.81. The number of anilines is 1. The Kier molecular flexibility index (Phi) is 3.38. The lowest BCUT2D eigenvalue weighted by molar-refractivity contribution is -0.0494. The van der Waals surface area contributed by atoms with Crippen LogP contribution in [0.5, 0.6) is 5.75 Å². The van der Waals surface area contributed by atoms with Gasteiger partial charge in [0.05, 0.1) is 5.69 Å². The molecule has 0 amide bonds. The van der Waals surface area contributed by atoms with E-state index >= 15 is 0 Å². The molecule has 0 atom stereocenters. The van der Waals surface area contributed by atoms with E-state index in [0.717, 1.165) is 0 Å². The molecule has 0 saturated carbocycles. The molecule has 0 bridgehead atoms. The number of alkyl halides is 2. The summed E-state index contributed by atoms with van der Waals surface area (Å²) in [6.07, 6.45) is 0. The first-order chi connectivity index (χ1) is 8.47. The van der Waals surface area contributed by atoms with Crippen LogP contribution in [-0.4, -0.2) is 16.4 Å². The molecule has 7 heteroatoms. The van der Waals surface area contributed by atoms with Gasteiger partial charge in [-0.2, -0.15) is 13.9 Å². The second-order valence-corrected chi connectivity index (χ2v) is 4.03. The highest BCUT2D eigenvalue weighted by Gasteiger charge is 2.14. The molecular formula is C11H10ClF2N3O. The number of nitrogen functional groups attached to an aromatic ring is 1. The van der Waals surface area contributed by atoms with Crippen LogP contribution in [0.3, 0.4) is 0 Å². The largest absolute Gasteiger partial charge is 0.434 e. The third-order valence-electron chi connectivity index (χ3n) is 2.35. The second-order valence-electron chi connectivity index (χ2n) is 3.60. The molecule has 18 heavy (non-hydrogen) atoms. The average molecular weight is 274 g/mol. The zero-order valence-corrected chi connectivity index (χ0v) is 10.2. The topological polar surface area (TPSA) is 53.1 Å². The number of aryl methyl sites for hydroxylation is 1. The van der Waals surface area contributed by atoms with Crippen LogP contribution in [0.25, 0.3) is 11.3 Å². The van der Waals surface area contributed by atoms with E-state index in [1.165, 1.54) is 22.9 Å². The Morgan fingerprint density at radius 3 is 2.67 bits per heavy atom. The number of nitrogens with two attached hydrogens (primary N) is 1. The molecule has 0 fully saturated rings. The predicted molar refractivity (Wildman–Crippen MR) is 64.7 cm³/mol. The third-order valence-corrected chi connectivity index (χ3v) is 2.58. The van der Waals surface area contributed by atoms with Crippen LogP contribution < -0.4 is 10.5 Å². The van der Waals surface area contributed by atoms with E-state index in [4.69, 9.17) is 17.3 Å². The summed E-state index contributed by atoms with van der Waals surface area (Å²) in [5, 5.41) is 4.50. The minimum absolute atomic E-state index is 0.00694. The first-order valence-electron chi connectivity index (χ1n) is 5.01. The standard InChI is InChI=1S/C11H10ClF2N3O/c1-17-10(15)5-8(16-17)7-4-6(12)2-3-9(7)18-11(13)14/h2-5,11H,15H2,1H3. The normalized spacial score (nSPS) is 10.9. The quantitative estimate of drug-likeness (QED) is 0.935. The van der Waals surface area contributed by atoms with Gasteiger partial charge in [0.2, 0.25) is 0 Å². The van der Waals surface area contributed by atoms with Crippen LogP contribution >= 0.6 is 11.6 Å². The fraction of sp³-hybridized carbons (Fsp3) is 0.182. The van der Waals surface area contributed by atoms with E-state index in [2.05, 4.69) is 9.84 Å². The SMILES string of the molecule is Cn1nc(-c2cc(Cl)ccc2OC(F)F)cc1N. The molecule has 1 aromatic heterocycles. The van der Waals surface area contributed by atoms with Gasteiger partial charge >= 0.3 is 6.61 Å². The molecule has 1 heterocycles. The first-order valence-corrected chi connectivity index (χ1v) is 5.39. The van der Waals surface area contributed by atoms with Gasteiger partial charge in [0.25, 0.3) is 0 Å². The molecule has 0 spiro atoms.